The number of nitrogens with zero attached hydrogens (tertiary/aromatic N) is 1. The number of para-hydroxylation sites is 2. The Morgan fingerprint density at radius 3 is 2.75 bits per heavy atom. The van der Waals surface area contributed by atoms with E-state index in [0.717, 1.165) is 16.9 Å². The first-order valence-electron chi connectivity index (χ1n) is 8.48. The molecule has 0 spiro atoms. The summed E-state index contributed by atoms with van der Waals surface area (Å²) in [6.45, 7) is 4.61. The molecule has 0 saturated heterocycles. The lowest BCUT2D eigenvalue weighted by molar-refractivity contribution is -0.146. The molecule has 130 valence electrons. The summed E-state index contributed by atoms with van der Waals surface area (Å²) in [5.41, 5.74) is 7.33. The fourth-order valence-corrected chi connectivity index (χ4v) is 3.38. The van der Waals surface area contributed by atoms with Crippen LogP contribution in [0.25, 0.3) is 11.0 Å². The van der Waals surface area contributed by atoms with E-state index < -0.39 is 0 Å². The van der Waals surface area contributed by atoms with Crippen molar-refractivity contribution in [2.75, 3.05) is 13.7 Å². The largest absolute Gasteiger partial charge is 0.377 e. The molecule has 3 rings (SSSR count). The number of carbonyl (C=O) groups excluding carboxylic acids is 1. The molecule has 1 atom stereocenters. The summed E-state index contributed by atoms with van der Waals surface area (Å²) in [5, 5.41) is 3.15. The van der Waals surface area contributed by atoms with E-state index in [4.69, 9.17) is 10.5 Å². The molecular weight excluding hydrogens is 304 g/mol. The average Bonchev–Trinajstić information content (AvgIpc) is 2.95. The number of aromatic nitrogens is 2. The molecule has 1 aromatic carbocycles. The molecule has 1 aromatic heterocycles. The Balaban J connectivity index is 1.72. The first-order chi connectivity index (χ1) is 11.5. The number of ether oxygens (including phenoxy) is 1. The van der Waals surface area contributed by atoms with E-state index in [1.807, 2.05) is 24.3 Å². The highest BCUT2D eigenvalue weighted by atomic mass is 16.5. The molecule has 6 nitrogen and oxygen atoms in total. The lowest BCUT2D eigenvalue weighted by Crippen LogP contribution is -2.55. The summed E-state index contributed by atoms with van der Waals surface area (Å²) < 4.78 is 5.46. The lowest BCUT2D eigenvalue weighted by atomic mass is 9.70. The number of aromatic amines is 1. The van der Waals surface area contributed by atoms with Gasteiger partial charge in [0, 0.05) is 19.6 Å². The van der Waals surface area contributed by atoms with E-state index in [0.29, 0.717) is 19.4 Å². The molecule has 6 heteroatoms. The number of carbonyl (C=O) groups is 1. The van der Waals surface area contributed by atoms with Crippen molar-refractivity contribution < 1.29 is 9.53 Å². The average molecular weight is 330 g/mol. The molecule has 1 fully saturated rings. The second-order valence-electron chi connectivity index (χ2n) is 7.07. The number of rotatable bonds is 6. The van der Waals surface area contributed by atoms with Gasteiger partial charge in [0.1, 0.15) is 5.82 Å². The number of hydrogen-bond donors (Lipinski definition) is 3. The second-order valence-corrected chi connectivity index (χ2v) is 7.07. The number of nitrogens with two attached hydrogens (primary N) is 1. The molecule has 0 aliphatic heterocycles. The number of fused-ring (bicyclic) bond motifs is 1. The van der Waals surface area contributed by atoms with Crippen LogP contribution in [0.15, 0.2) is 24.3 Å². The molecule has 1 aliphatic carbocycles. The Morgan fingerprint density at radius 1 is 1.46 bits per heavy atom. The van der Waals surface area contributed by atoms with Crippen LogP contribution in [0.3, 0.4) is 0 Å². The van der Waals surface area contributed by atoms with Gasteiger partial charge < -0.3 is 20.8 Å². The van der Waals surface area contributed by atoms with Gasteiger partial charge in [0.15, 0.2) is 0 Å². The maximum Gasteiger partial charge on any atom is 0.223 e. The highest BCUT2D eigenvalue weighted by Crippen LogP contribution is 2.40. The number of imidazole rings is 1. The standard InChI is InChI=1S/C18H26N4O2/c1-11(2)15(16-20-13-6-4-5-7-14(13)21-16)22-17(23)12-8-18(9-12,10-19)24-3/h4-7,11-12,15H,8-10,19H2,1-3H3,(H,20,21)(H,22,23). The van der Waals surface area contributed by atoms with Crippen LogP contribution in [0.4, 0.5) is 0 Å². The molecule has 1 amide bonds. The minimum Gasteiger partial charge on any atom is -0.377 e. The first kappa shape index (κ1) is 16.9. The Morgan fingerprint density at radius 2 is 2.17 bits per heavy atom. The van der Waals surface area contributed by atoms with Crippen molar-refractivity contribution in [2.45, 2.75) is 38.3 Å². The third-order valence-corrected chi connectivity index (χ3v) is 5.08. The van der Waals surface area contributed by atoms with Crippen LogP contribution in [0.2, 0.25) is 0 Å². The zero-order valence-corrected chi connectivity index (χ0v) is 14.5. The zero-order chi connectivity index (χ0) is 17.3. The summed E-state index contributed by atoms with van der Waals surface area (Å²) in [5.74, 6) is 1.04. The fourth-order valence-electron chi connectivity index (χ4n) is 3.38. The van der Waals surface area contributed by atoms with Gasteiger partial charge in [-0.05, 0) is 30.9 Å². The van der Waals surface area contributed by atoms with Crippen molar-refractivity contribution in [3.8, 4) is 0 Å². The number of benzene rings is 1. The van der Waals surface area contributed by atoms with Gasteiger partial charge in [-0.15, -0.1) is 0 Å². The third kappa shape index (κ3) is 3.03. The molecule has 0 bridgehead atoms. The minimum absolute atomic E-state index is 0.0425. The molecule has 1 aliphatic rings. The zero-order valence-electron chi connectivity index (χ0n) is 14.5. The van der Waals surface area contributed by atoms with Crippen LogP contribution in [0.5, 0.6) is 0 Å². The first-order valence-corrected chi connectivity index (χ1v) is 8.48. The highest BCUT2D eigenvalue weighted by molar-refractivity contribution is 5.81. The normalized spacial score (nSPS) is 24.8. The van der Waals surface area contributed by atoms with Gasteiger partial charge >= 0.3 is 0 Å². The van der Waals surface area contributed by atoms with Crippen LogP contribution in [0.1, 0.15) is 38.6 Å². The van der Waals surface area contributed by atoms with Crippen LogP contribution in [-0.2, 0) is 9.53 Å². The Hall–Kier alpha value is -1.92. The van der Waals surface area contributed by atoms with Gasteiger partial charge in [-0.2, -0.15) is 0 Å². The summed E-state index contributed by atoms with van der Waals surface area (Å²) in [6, 6.07) is 7.75. The lowest BCUT2D eigenvalue weighted by Gasteiger charge is -2.45. The monoisotopic (exact) mass is 330 g/mol. The van der Waals surface area contributed by atoms with Crippen LogP contribution in [0, 0.1) is 11.8 Å². The third-order valence-electron chi connectivity index (χ3n) is 5.08. The molecule has 1 heterocycles. The van der Waals surface area contributed by atoms with Gasteiger partial charge in [0.05, 0.1) is 22.7 Å². The number of hydrogen-bond acceptors (Lipinski definition) is 4. The summed E-state index contributed by atoms with van der Waals surface area (Å²) in [4.78, 5) is 20.6. The van der Waals surface area contributed by atoms with Crippen molar-refractivity contribution in [3.05, 3.63) is 30.1 Å². The van der Waals surface area contributed by atoms with Crippen molar-refractivity contribution in [2.24, 2.45) is 17.6 Å². The fraction of sp³-hybridized carbons (Fsp3) is 0.556. The van der Waals surface area contributed by atoms with Crippen molar-refractivity contribution in [3.63, 3.8) is 0 Å². The molecule has 1 saturated carbocycles. The van der Waals surface area contributed by atoms with Gasteiger partial charge in [-0.1, -0.05) is 26.0 Å². The van der Waals surface area contributed by atoms with E-state index in [1.165, 1.54) is 0 Å². The quantitative estimate of drug-likeness (QED) is 0.756. The summed E-state index contributed by atoms with van der Waals surface area (Å²) >= 11 is 0. The smallest absolute Gasteiger partial charge is 0.223 e. The van der Waals surface area contributed by atoms with Gasteiger partial charge in [-0.3, -0.25) is 4.79 Å². The number of amides is 1. The summed E-state index contributed by atoms with van der Waals surface area (Å²) in [6.07, 6.45) is 1.35. The van der Waals surface area contributed by atoms with Crippen LogP contribution >= 0.6 is 0 Å². The second kappa shape index (κ2) is 6.53. The number of methoxy groups -OCH3 is 1. The van der Waals surface area contributed by atoms with E-state index in [2.05, 4.69) is 29.1 Å². The van der Waals surface area contributed by atoms with E-state index >= 15 is 0 Å². The minimum atomic E-state index is -0.325. The molecule has 4 N–H and O–H groups in total. The Labute approximate surface area is 142 Å². The molecule has 1 unspecified atom stereocenters. The van der Waals surface area contributed by atoms with Crippen molar-refractivity contribution >= 4 is 16.9 Å². The molecule has 2 aromatic rings. The van der Waals surface area contributed by atoms with Gasteiger partial charge in [-0.25, -0.2) is 4.98 Å². The van der Waals surface area contributed by atoms with Crippen LogP contribution < -0.4 is 11.1 Å². The highest BCUT2D eigenvalue weighted by Gasteiger charge is 2.47. The maximum absolute atomic E-state index is 12.6. The molecule has 24 heavy (non-hydrogen) atoms. The Kier molecular flexibility index (Phi) is 4.60. The predicted octanol–water partition coefficient (Wildman–Crippen LogP) is 2.13. The van der Waals surface area contributed by atoms with Crippen molar-refractivity contribution in [1.29, 1.82) is 0 Å². The predicted molar refractivity (Wildman–Crippen MR) is 93.3 cm³/mol. The van der Waals surface area contributed by atoms with E-state index in [-0.39, 0.29) is 29.4 Å². The number of H-pyrrole nitrogens is 1. The number of nitrogens with one attached hydrogen (secondary N) is 2. The molecule has 0 radical (unpaired) electrons. The van der Waals surface area contributed by atoms with Gasteiger partial charge in [0.25, 0.3) is 0 Å². The SMILES string of the molecule is COC1(CN)CC(C(=O)NC(c2nc3ccccc3[nH]2)C(C)C)C1. The van der Waals surface area contributed by atoms with Gasteiger partial charge in [0.2, 0.25) is 5.91 Å². The van der Waals surface area contributed by atoms with Crippen LogP contribution in [-0.4, -0.2) is 35.1 Å². The van der Waals surface area contributed by atoms with E-state index in [1.54, 1.807) is 7.11 Å². The van der Waals surface area contributed by atoms with Crippen molar-refractivity contribution in [1.82, 2.24) is 15.3 Å². The Bertz CT molecular complexity index is 680. The molecular formula is C18H26N4O2. The topological polar surface area (TPSA) is 93.0 Å². The maximum atomic E-state index is 12.6. The van der Waals surface area contributed by atoms with E-state index in [9.17, 15) is 4.79 Å². The summed E-state index contributed by atoms with van der Waals surface area (Å²) in [7, 11) is 1.66.